The number of carbonyl (C=O) groups is 1. The minimum atomic E-state index is -0.322. The molecule has 28 heavy (non-hydrogen) atoms. The fourth-order valence-electron chi connectivity index (χ4n) is 3.06. The van der Waals surface area contributed by atoms with Gasteiger partial charge in [-0.3, -0.25) is 0 Å². The van der Waals surface area contributed by atoms with E-state index in [1.54, 1.807) is 31.4 Å². The number of urea groups is 1. The number of benzene rings is 2. The van der Waals surface area contributed by atoms with Gasteiger partial charge in [-0.05, 0) is 48.9 Å². The monoisotopic (exact) mass is 372 g/mol. The van der Waals surface area contributed by atoms with Crippen LogP contribution in [0.5, 0.6) is 5.75 Å². The molecule has 4 aromatic rings. The highest BCUT2D eigenvalue weighted by atomic mass is 16.5. The van der Waals surface area contributed by atoms with Crippen LogP contribution in [0.2, 0.25) is 0 Å². The number of anilines is 2. The maximum atomic E-state index is 12.5. The van der Waals surface area contributed by atoms with Gasteiger partial charge in [-0.25, -0.2) is 9.78 Å². The lowest BCUT2D eigenvalue weighted by molar-refractivity contribution is 0.262. The Morgan fingerprint density at radius 1 is 1.00 bits per heavy atom. The number of fused-ring (bicyclic) bond motifs is 1. The van der Waals surface area contributed by atoms with Gasteiger partial charge < -0.3 is 19.8 Å². The molecule has 6 heteroatoms. The summed E-state index contributed by atoms with van der Waals surface area (Å²) in [6, 6.07) is 18.5. The fraction of sp³-hybridized carbons (Fsp3) is 0.0909. The van der Waals surface area contributed by atoms with Crippen molar-refractivity contribution in [2.75, 3.05) is 17.7 Å². The molecule has 140 valence electrons. The summed E-state index contributed by atoms with van der Waals surface area (Å²) in [7, 11) is 1.60. The van der Waals surface area contributed by atoms with Crippen molar-refractivity contribution in [2.24, 2.45) is 0 Å². The predicted octanol–water partition coefficient (Wildman–Crippen LogP) is 4.96. The normalized spacial score (nSPS) is 10.6. The van der Waals surface area contributed by atoms with Gasteiger partial charge in [0.05, 0.1) is 18.5 Å². The number of pyridine rings is 1. The Labute approximate surface area is 162 Å². The molecule has 2 aromatic heterocycles. The summed E-state index contributed by atoms with van der Waals surface area (Å²) < 4.78 is 7.12. The molecule has 0 saturated carbocycles. The lowest BCUT2D eigenvalue weighted by Crippen LogP contribution is -2.19. The maximum Gasteiger partial charge on any atom is 0.323 e. The molecule has 6 nitrogen and oxygen atoms in total. The van der Waals surface area contributed by atoms with Crippen molar-refractivity contribution in [3.63, 3.8) is 0 Å². The highest BCUT2D eigenvalue weighted by Crippen LogP contribution is 2.28. The molecule has 2 heterocycles. The summed E-state index contributed by atoms with van der Waals surface area (Å²) in [4.78, 5) is 17.2. The van der Waals surface area contributed by atoms with E-state index in [1.807, 2.05) is 60.1 Å². The number of hydrogen-bond donors (Lipinski definition) is 2. The van der Waals surface area contributed by atoms with Gasteiger partial charge in [0.1, 0.15) is 11.4 Å². The number of aromatic nitrogens is 2. The Morgan fingerprint density at radius 2 is 1.79 bits per heavy atom. The van der Waals surface area contributed by atoms with Crippen LogP contribution in [0.4, 0.5) is 16.2 Å². The standard InChI is InChI=1S/C22H20N4O2/c1-15-6-5-13-26-14-20(24-21(15)26)18-7-3-4-8-19(18)25-22(27)23-16-9-11-17(28-2)12-10-16/h3-14H,1-2H3,(H2,23,25,27). The number of rotatable bonds is 4. The summed E-state index contributed by atoms with van der Waals surface area (Å²) in [6.07, 6.45) is 3.93. The number of amides is 2. The topological polar surface area (TPSA) is 67.7 Å². The quantitative estimate of drug-likeness (QED) is 0.532. The summed E-state index contributed by atoms with van der Waals surface area (Å²) in [6.45, 7) is 2.03. The third kappa shape index (κ3) is 3.53. The molecule has 2 aromatic carbocycles. The molecule has 0 aliphatic rings. The first-order valence-corrected chi connectivity index (χ1v) is 8.90. The van der Waals surface area contributed by atoms with Gasteiger partial charge in [-0.1, -0.05) is 24.3 Å². The fourth-order valence-corrected chi connectivity index (χ4v) is 3.06. The first kappa shape index (κ1) is 17.6. The maximum absolute atomic E-state index is 12.5. The Morgan fingerprint density at radius 3 is 2.54 bits per heavy atom. The number of para-hydroxylation sites is 1. The molecular weight excluding hydrogens is 352 g/mol. The largest absolute Gasteiger partial charge is 0.497 e. The summed E-state index contributed by atoms with van der Waals surface area (Å²) in [5, 5.41) is 5.74. The molecule has 2 amide bonds. The van der Waals surface area contributed by atoms with Crippen molar-refractivity contribution in [2.45, 2.75) is 6.92 Å². The second-order valence-corrected chi connectivity index (χ2v) is 6.40. The molecular formula is C22H20N4O2. The summed E-state index contributed by atoms with van der Waals surface area (Å²) in [5.41, 5.74) is 5.02. The van der Waals surface area contributed by atoms with Crippen molar-refractivity contribution in [1.82, 2.24) is 9.38 Å². The summed E-state index contributed by atoms with van der Waals surface area (Å²) >= 11 is 0. The summed E-state index contributed by atoms with van der Waals surface area (Å²) in [5.74, 6) is 0.735. The second-order valence-electron chi connectivity index (χ2n) is 6.40. The zero-order chi connectivity index (χ0) is 19.5. The van der Waals surface area contributed by atoms with E-state index in [0.29, 0.717) is 11.4 Å². The Kier molecular flexibility index (Phi) is 4.68. The molecule has 0 fully saturated rings. The molecule has 0 bridgehead atoms. The van der Waals surface area contributed by atoms with Crippen molar-refractivity contribution < 1.29 is 9.53 Å². The van der Waals surface area contributed by atoms with Crippen molar-refractivity contribution in [3.05, 3.63) is 78.6 Å². The first-order chi connectivity index (χ1) is 13.6. The van der Waals surface area contributed by atoms with Gasteiger partial charge >= 0.3 is 6.03 Å². The van der Waals surface area contributed by atoms with Gasteiger partial charge in [0.15, 0.2) is 0 Å². The Bertz CT molecular complexity index is 1130. The zero-order valence-electron chi connectivity index (χ0n) is 15.6. The zero-order valence-corrected chi connectivity index (χ0v) is 15.6. The molecule has 0 aliphatic carbocycles. The molecule has 0 spiro atoms. The van der Waals surface area contributed by atoms with Crippen molar-refractivity contribution in [1.29, 1.82) is 0 Å². The molecule has 0 unspecified atom stereocenters. The smallest absolute Gasteiger partial charge is 0.323 e. The number of aryl methyl sites for hydroxylation is 1. The average Bonchev–Trinajstić information content (AvgIpc) is 3.14. The van der Waals surface area contributed by atoms with Crippen LogP contribution in [-0.2, 0) is 0 Å². The van der Waals surface area contributed by atoms with E-state index in [9.17, 15) is 4.79 Å². The Balaban J connectivity index is 1.58. The van der Waals surface area contributed by atoms with E-state index in [4.69, 9.17) is 9.72 Å². The van der Waals surface area contributed by atoms with Gasteiger partial charge in [-0.15, -0.1) is 0 Å². The number of nitrogens with zero attached hydrogens (tertiary/aromatic N) is 2. The van der Waals surface area contributed by atoms with Crippen LogP contribution in [0, 0.1) is 6.92 Å². The van der Waals surface area contributed by atoms with Crippen LogP contribution in [-0.4, -0.2) is 22.5 Å². The average molecular weight is 372 g/mol. The predicted molar refractivity (Wildman–Crippen MR) is 111 cm³/mol. The molecule has 0 aliphatic heterocycles. The van der Waals surface area contributed by atoms with Crippen molar-refractivity contribution in [3.8, 4) is 17.0 Å². The third-order valence-corrected chi connectivity index (χ3v) is 4.48. The van der Waals surface area contributed by atoms with Gasteiger partial charge in [-0.2, -0.15) is 0 Å². The van der Waals surface area contributed by atoms with Crippen LogP contribution in [0.1, 0.15) is 5.56 Å². The minimum absolute atomic E-state index is 0.322. The van der Waals surface area contributed by atoms with Crippen LogP contribution in [0.25, 0.3) is 16.9 Å². The van der Waals surface area contributed by atoms with Crippen LogP contribution >= 0.6 is 0 Å². The van der Waals surface area contributed by atoms with Crippen LogP contribution in [0.3, 0.4) is 0 Å². The molecule has 2 N–H and O–H groups in total. The lowest BCUT2D eigenvalue weighted by Gasteiger charge is -2.11. The van der Waals surface area contributed by atoms with Gasteiger partial charge in [0.2, 0.25) is 0 Å². The molecule has 4 rings (SSSR count). The van der Waals surface area contributed by atoms with Crippen molar-refractivity contribution >= 4 is 23.1 Å². The van der Waals surface area contributed by atoms with E-state index in [1.165, 1.54) is 0 Å². The highest BCUT2D eigenvalue weighted by molar-refractivity contribution is 6.02. The Hall–Kier alpha value is -3.80. The minimum Gasteiger partial charge on any atom is -0.497 e. The van der Waals surface area contributed by atoms with Crippen LogP contribution in [0.15, 0.2) is 73.1 Å². The van der Waals surface area contributed by atoms with Gasteiger partial charge in [0, 0.05) is 23.6 Å². The first-order valence-electron chi connectivity index (χ1n) is 8.90. The third-order valence-electron chi connectivity index (χ3n) is 4.48. The lowest BCUT2D eigenvalue weighted by atomic mass is 10.1. The molecule has 0 saturated heterocycles. The molecule has 0 radical (unpaired) electrons. The van der Waals surface area contributed by atoms with E-state index in [-0.39, 0.29) is 6.03 Å². The van der Waals surface area contributed by atoms with Gasteiger partial charge in [0.25, 0.3) is 0 Å². The number of carbonyl (C=O) groups excluding carboxylic acids is 1. The van der Waals surface area contributed by atoms with E-state index >= 15 is 0 Å². The van der Waals surface area contributed by atoms with E-state index in [0.717, 1.165) is 28.2 Å². The number of nitrogens with one attached hydrogen (secondary N) is 2. The van der Waals surface area contributed by atoms with Crippen LogP contribution < -0.4 is 15.4 Å². The number of methoxy groups -OCH3 is 1. The molecule has 0 atom stereocenters. The van der Waals surface area contributed by atoms with E-state index < -0.39 is 0 Å². The second kappa shape index (κ2) is 7.44. The highest BCUT2D eigenvalue weighted by Gasteiger charge is 2.12. The number of hydrogen-bond acceptors (Lipinski definition) is 3. The number of ether oxygens (including phenoxy) is 1. The number of imidazole rings is 1. The van der Waals surface area contributed by atoms with E-state index in [2.05, 4.69) is 10.6 Å². The SMILES string of the molecule is COc1ccc(NC(=O)Nc2ccccc2-c2cn3cccc(C)c3n2)cc1.